The first-order chi connectivity index (χ1) is 12.3. The van der Waals surface area contributed by atoms with Crippen LogP contribution in [0.1, 0.15) is 31.2 Å². The minimum Gasteiger partial charge on any atom is -0.492 e. The lowest BCUT2D eigenvalue weighted by Gasteiger charge is -2.40. The highest BCUT2D eigenvalue weighted by molar-refractivity contribution is 5.90. The molecule has 1 saturated carbocycles. The zero-order valence-electron chi connectivity index (χ0n) is 14.7. The molecule has 0 amide bonds. The fourth-order valence-corrected chi connectivity index (χ4v) is 4.25. The molecule has 134 valence electrons. The van der Waals surface area contributed by atoms with Crippen molar-refractivity contribution >= 4 is 17.7 Å². The van der Waals surface area contributed by atoms with Crippen molar-refractivity contribution in [3.63, 3.8) is 0 Å². The largest absolute Gasteiger partial charge is 0.492 e. The minimum atomic E-state index is -0.343. The van der Waals surface area contributed by atoms with E-state index < -0.39 is 0 Å². The van der Waals surface area contributed by atoms with Gasteiger partial charge in [-0.3, -0.25) is 4.99 Å². The van der Waals surface area contributed by atoms with Crippen LogP contribution in [0.4, 0.5) is 11.4 Å². The van der Waals surface area contributed by atoms with Gasteiger partial charge in [0.2, 0.25) is 0 Å². The van der Waals surface area contributed by atoms with E-state index in [1.165, 1.54) is 29.8 Å². The van der Waals surface area contributed by atoms with Crippen molar-refractivity contribution in [2.75, 3.05) is 43.2 Å². The number of anilines is 2. The van der Waals surface area contributed by atoms with E-state index in [0.717, 1.165) is 51.4 Å². The predicted octanol–water partition coefficient (Wildman–Crippen LogP) is 2.55. The maximum atomic E-state index is 5.91. The summed E-state index contributed by atoms with van der Waals surface area (Å²) >= 11 is 0. The summed E-state index contributed by atoms with van der Waals surface area (Å²) < 4.78 is 17.6. The standard InChI is InChI=1S/C19H25N3O3/c1-23-18-16(21-8-6-19(7-9-21)24-10-11-25-19)5-2-14-12-20-13-22(17(14)18)15-3-4-15/h2,5,13,15H,3-4,6-12H2,1H3. The van der Waals surface area contributed by atoms with E-state index >= 15 is 0 Å². The second kappa shape index (κ2) is 5.88. The van der Waals surface area contributed by atoms with Gasteiger partial charge in [0, 0.05) is 37.5 Å². The Morgan fingerprint density at radius 3 is 2.60 bits per heavy atom. The molecule has 0 unspecified atom stereocenters. The van der Waals surface area contributed by atoms with Gasteiger partial charge in [0.05, 0.1) is 44.6 Å². The normalized spacial score (nSPS) is 24.7. The first-order valence-corrected chi connectivity index (χ1v) is 9.31. The molecule has 6 nitrogen and oxygen atoms in total. The molecule has 2 saturated heterocycles. The molecule has 0 bridgehead atoms. The van der Waals surface area contributed by atoms with E-state index in [9.17, 15) is 0 Å². The lowest BCUT2D eigenvalue weighted by Crippen LogP contribution is -2.45. The summed E-state index contributed by atoms with van der Waals surface area (Å²) in [7, 11) is 1.78. The van der Waals surface area contributed by atoms with Crippen LogP contribution in [0.5, 0.6) is 5.75 Å². The van der Waals surface area contributed by atoms with Crippen LogP contribution in [0.3, 0.4) is 0 Å². The van der Waals surface area contributed by atoms with Gasteiger partial charge in [-0.1, -0.05) is 6.07 Å². The van der Waals surface area contributed by atoms with Crippen LogP contribution >= 0.6 is 0 Å². The highest BCUT2D eigenvalue weighted by atomic mass is 16.7. The van der Waals surface area contributed by atoms with Crippen LogP contribution in [-0.2, 0) is 16.0 Å². The third kappa shape index (κ3) is 2.59. The van der Waals surface area contributed by atoms with Crippen molar-refractivity contribution in [1.82, 2.24) is 0 Å². The summed E-state index contributed by atoms with van der Waals surface area (Å²) in [5.41, 5.74) is 3.65. The maximum Gasteiger partial charge on any atom is 0.171 e. The number of methoxy groups -OCH3 is 1. The average Bonchev–Trinajstić information content (AvgIpc) is 3.41. The molecule has 0 atom stereocenters. The van der Waals surface area contributed by atoms with Gasteiger partial charge in [0.15, 0.2) is 11.5 Å². The van der Waals surface area contributed by atoms with Crippen LogP contribution in [0.2, 0.25) is 0 Å². The van der Waals surface area contributed by atoms with Crippen LogP contribution in [0.25, 0.3) is 0 Å². The van der Waals surface area contributed by atoms with E-state index in [1.807, 2.05) is 6.34 Å². The second-order valence-electron chi connectivity index (χ2n) is 7.31. The van der Waals surface area contributed by atoms with E-state index in [-0.39, 0.29) is 5.79 Å². The molecule has 4 aliphatic rings. The number of hydrogen-bond acceptors (Lipinski definition) is 6. The highest BCUT2D eigenvalue weighted by Crippen LogP contribution is 2.46. The van der Waals surface area contributed by atoms with Crippen molar-refractivity contribution in [2.45, 2.75) is 44.1 Å². The molecule has 1 aromatic carbocycles. The first kappa shape index (κ1) is 15.5. The Hall–Kier alpha value is -1.79. The fourth-order valence-electron chi connectivity index (χ4n) is 4.25. The number of aliphatic imine (C=N–C) groups is 1. The van der Waals surface area contributed by atoms with Gasteiger partial charge in [-0.15, -0.1) is 0 Å². The van der Waals surface area contributed by atoms with Crippen molar-refractivity contribution in [1.29, 1.82) is 0 Å². The molecule has 0 aromatic heterocycles. The van der Waals surface area contributed by atoms with Gasteiger partial charge in [0.25, 0.3) is 0 Å². The van der Waals surface area contributed by atoms with Crippen LogP contribution < -0.4 is 14.5 Å². The monoisotopic (exact) mass is 343 g/mol. The average molecular weight is 343 g/mol. The van der Waals surface area contributed by atoms with Gasteiger partial charge < -0.3 is 24.0 Å². The number of rotatable bonds is 3. The first-order valence-electron chi connectivity index (χ1n) is 9.31. The predicted molar refractivity (Wildman–Crippen MR) is 96.8 cm³/mol. The molecule has 0 radical (unpaired) electrons. The molecule has 0 N–H and O–H groups in total. The second-order valence-corrected chi connectivity index (χ2v) is 7.31. The van der Waals surface area contributed by atoms with Crippen molar-refractivity contribution < 1.29 is 14.2 Å². The Kier molecular flexibility index (Phi) is 3.64. The third-order valence-corrected chi connectivity index (χ3v) is 5.74. The Morgan fingerprint density at radius 2 is 1.92 bits per heavy atom. The summed E-state index contributed by atoms with van der Waals surface area (Å²) in [5, 5.41) is 0. The Bertz CT molecular complexity index is 685. The van der Waals surface area contributed by atoms with E-state index in [2.05, 4.69) is 26.9 Å². The van der Waals surface area contributed by atoms with E-state index in [1.54, 1.807) is 7.11 Å². The summed E-state index contributed by atoms with van der Waals surface area (Å²) in [4.78, 5) is 9.25. The highest BCUT2D eigenvalue weighted by Gasteiger charge is 2.41. The van der Waals surface area contributed by atoms with Gasteiger partial charge in [-0.25, -0.2) is 0 Å². The Labute approximate surface area is 148 Å². The van der Waals surface area contributed by atoms with E-state index in [4.69, 9.17) is 14.2 Å². The molecule has 1 aromatic rings. The van der Waals surface area contributed by atoms with Gasteiger partial charge in [-0.05, 0) is 18.9 Å². The van der Waals surface area contributed by atoms with Crippen LogP contribution in [0.15, 0.2) is 17.1 Å². The summed E-state index contributed by atoms with van der Waals surface area (Å²) in [6, 6.07) is 4.99. The van der Waals surface area contributed by atoms with Crippen molar-refractivity contribution in [3.8, 4) is 5.75 Å². The fraction of sp³-hybridized carbons (Fsp3) is 0.632. The smallest absolute Gasteiger partial charge is 0.171 e. The van der Waals surface area contributed by atoms with Gasteiger partial charge >= 0.3 is 0 Å². The maximum absolute atomic E-state index is 5.91. The number of benzene rings is 1. The Morgan fingerprint density at radius 1 is 1.16 bits per heavy atom. The molecular formula is C19H25N3O3. The molecule has 1 aliphatic carbocycles. The molecule has 6 heteroatoms. The van der Waals surface area contributed by atoms with Crippen LogP contribution in [0, 0.1) is 0 Å². The molecule has 5 rings (SSSR count). The summed E-state index contributed by atoms with van der Waals surface area (Å²) in [6.45, 7) is 4.02. The molecule has 25 heavy (non-hydrogen) atoms. The zero-order valence-corrected chi connectivity index (χ0v) is 14.7. The third-order valence-electron chi connectivity index (χ3n) is 5.74. The van der Waals surface area contributed by atoms with Crippen molar-refractivity contribution in [2.24, 2.45) is 4.99 Å². The van der Waals surface area contributed by atoms with Crippen LogP contribution in [-0.4, -0.2) is 51.6 Å². The Balaban J connectivity index is 1.45. The number of piperidine rings is 1. The van der Waals surface area contributed by atoms with Gasteiger partial charge in [0.1, 0.15) is 0 Å². The lowest BCUT2D eigenvalue weighted by molar-refractivity contribution is -0.169. The molecule has 1 spiro atoms. The number of ether oxygens (including phenoxy) is 3. The number of nitrogens with zero attached hydrogens (tertiary/aromatic N) is 3. The number of hydrogen-bond donors (Lipinski definition) is 0. The van der Waals surface area contributed by atoms with E-state index in [0.29, 0.717) is 6.04 Å². The zero-order chi connectivity index (χ0) is 16.9. The molecule has 3 aliphatic heterocycles. The molecule has 3 fully saturated rings. The molecular weight excluding hydrogens is 318 g/mol. The SMILES string of the molecule is COc1c(N2CCC3(CC2)OCCO3)ccc2c1N(C1CC1)C=NC2. The number of fused-ring (bicyclic) bond motifs is 1. The van der Waals surface area contributed by atoms with Crippen molar-refractivity contribution in [3.05, 3.63) is 17.7 Å². The topological polar surface area (TPSA) is 46.5 Å². The molecule has 3 heterocycles. The lowest BCUT2D eigenvalue weighted by atomic mass is 10.0. The summed E-state index contributed by atoms with van der Waals surface area (Å²) in [5.74, 6) is 0.643. The quantitative estimate of drug-likeness (QED) is 0.844. The minimum absolute atomic E-state index is 0.343. The van der Waals surface area contributed by atoms with Gasteiger partial charge in [-0.2, -0.15) is 0 Å². The summed E-state index contributed by atoms with van der Waals surface area (Å²) in [6.07, 6.45) is 6.28.